The van der Waals surface area contributed by atoms with E-state index in [4.69, 9.17) is 9.47 Å². The Kier molecular flexibility index (Phi) is 2.57. The number of ether oxygens (including phenoxy) is 2. The fraction of sp³-hybridized carbons (Fsp3) is 0. The van der Waals surface area contributed by atoms with E-state index >= 15 is 0 Å². The zero-order valence-electron chi connectivity index (χ0n) is 9.50. The number of rotatable bonds is 2. The van der Waals surface area contributed by atoms with Crippen LogP contribution in [0.1, 0.15) is 15.9 Å². The molecule has 3 nitrogen and oxygen atoms in total. The largest absolute Gasteiger partial charge is 0.461 e. The molecule has 0 N–H and O–H groups in total. The van der Waals surface area contributed by atoms with Crippen molar-refractivity contribution in [2.75, 3.05) is 0 Å². The van der Waals surface area contributed by atoms with Gasteiger partial charge >= 0.3 is 5.97 Å². The molecule has 0 unspecified atom stereocenters. The van der Waals surface area contributed by atoms with Gasteiger partial charge in [0.1, 0.15) is 12.0 Å². The highest BCUT2D eigenvalue weighted by atomic mass is 16.6. The maximum atomic E-state index is 11.6. The summed E-state index contributed by atoms with van der Waals surface area (Å²) in [5.74, 6) is 0.804. The van der Waals surface area contributed by atoms with Crippen molar-refractivity contribution in [1.82, 2.24) is 0 Å². The Bertz CT molecular complexity index is 615. The van der Waals surface area contributed by atoms with Gasteiger partial charge in [0.2, 0.25) is 0 Å². The van der Waals surface area contributed by atoms with Crippen LogP contribution in [0.4, 0.5) is 0 Å². The lowest BCUT2D eigenvalue weighted by atomic mass is 10.1. The second kappa shape index (κ2) is 4.37. The molecule has 18 heavy (non-hydrogen) atoms. The summed E-state index contributed by atoms with van der Waals surface area (Å²) in [5.41, 5.74) is 1.33. The molecule has 0 atom stereocenters. The average Bonchev–Trinajstić information content (AvgIpc) is 2.75. The van der Waals surface area contributed by atoms with E-state index in [1.807, 2.05) is 42.5 Å². The Labute approximate surface area is 104 Å². The van der Waals surface area contributed by atoms with Crippen molar-refractivity contribution in [2.24, 2.45) is 0 Å². The number of esters is 1. The lowest BCUT2D eigenvalue weighted by molar-refractivity contribution is 0.0712. The highest BCUT2D eigenvalue weighted by Crippen LogP contribution is 2.29. The van der Waals surface area contributed by atoms with Gasteiger partial charge in [0.05, 0.1) is 5.56 Å². The first-order valence-corrected chi connectivity index (χ1v) is 5.58. The molecule has 1 aliphatic heterocycles. The van der Waals surface area contributed by atoms with Gasteiger partial charge in [0.25, 0.3) is 0 Å². The van der Waals surface area contributed by atoms with Crippen LogP contribution in [0.15, 0.2) is 60.9 Å². The number of fused-ring (bicyclic) bond motifs is 1. The Morgan fingerprint density at radius 1 is 0.889 bits per heavy atom. The first-order chi connectivity index (χ1) is 8.84. The third kappa shape index (κ3) is 1.86. The number of para-hydroxylation sites is 1. The van der Waals surface area contributed by atoms with Gasteiger partial charge in [0.15, 0.2) is 5.76 Å². The van der Waals surface area contributed by atoms with Gasteiger partial charge in [-0.25, -0.2) is 4.79 Å². The minimum absolute atomic E-state index is 0.339. The van der Waals surface area contributed by atoms with Crippen LogP contribution in [0.25, 0.3) is 5.76 Å². The number of cyclic esters (lactones) is 1. The summed E-state index contributed by atoms with van der Waals surface area (Å²) in [6.45, 7) is 0. The van der Waals surface area contributed by atoms with E-state index in [0.717, 1.165) is 5.56 Å². The molecule has 0 saturated carbocycles. The summed E-state index contributed by atoms with van der Waals surface area (Å²) in [5, 5.41) is 0. The first kappa shape index (κ1) is 10.6. The molecular formula is C15H10O3. The van der Waals surface area contributed by atoms with Gasteiger partial charge in [-0.1, -0.05) is 36.4 Å². The predicted molar refractivity (Wildman–Crippen MR) is 66.9 cm³/mol. The van der Waals surface area contributed by atoms with Crippen LogP contribution in [0.5, 0.6) is 5.75 Å². The maximum Gasteiger partial charge on any atom is 0.344 e. The highest BCUT2D eigenvalue weighted by Gasteiger charge is 2.25. The van der Waals surface area contributed by atoms with Crippen LogP contribution >= 0.6 is 0 Å². The van der Waals surface area contributed by atoms with Crippen LogP contribution in [0.2, 0.25) is 0 Å². The maximum absolute atomic E-state index is 11.6. The summed E-state index contributed by atoms with van der Waals surface area (Å²) < 4.78 is 10.6. The standard InChI is InChI=1S/C15H10O3/c16-15-13-9-5-4-8-12(13)14(18-15)10-17-11-6-2-1-3-7-11/h1-10H/b14-10-. The summed E-state index contributed by atoms with van der Waals surface area (Å²) >= 11 is 0. The number of hydrogen-bond acceptors (Lipinski definition) is 3. The second-order valence-electron chi connectivity index (χ2n) is 3.85. The zero-order valence-corrected chi connectivity index (χ0v) is 9.50. The highest BCUT2D eigenvalue weighted by molar-refractivity contribution is 6.02. The molecule has 0 bridgehead atoms. The molecule has 0 aliphatic carbocycles. The van der Waals surface area contributed by atoms with Crippen LogP contribution in [-0.4, -0.2) is 5.97 Å². The van der Waals surface area contributed by atoms with E-state index in [-0.39, 0.29) is 5.97 Å². The van der Waals surface area contributed by atoms with E-state index in [2.05, 4.69) is 0 Å². The fourth-order valence-electron chi connectivity index (χ4n) is 1.79. The molecule has 3 heteroatoms. The van der Waals surface area contributed by atoms with Gasteiger partial charge in [-0.05, 0) is 18.2 Å². The molecule has 2 aromatic carbocycles. The van der Waals surface area contributed by atoms with Crippen molar-refractivity contribution >= 4 is 11.7 Å². The van der Waals surface area contributed by atoms with Crippen molar-refractivity contribution in [2.45, 2.75) is 0 Å². The number of hydrogen-bond donors (Lipinski definition) is 0. The molecule has 0 aromatic heterocycles. The van der Waals surface area contributed by atoms with E-state index in [0.29, 0.717) is 17.1 Å². The lowest BCUT2D eigenvalue weighted by Gasteiger charge is -2.01. The monoisotopic (exact) mass is 238 g/mol. The molecule has 0 amide bonds. The van der Waals surface area contributed by atoms with Crippen molar-refractivity contribution in [3.63, 3.8) is 0 Å². The lowest BCUT2D eigenvalue weighted by Crippen LogP contribution is -1.92. The first-order valence-electron chi connectivity index (χ1n) is 5.58. The zero-order chi connectivity index (χ0) is 12.4. The minimum Gasteiger partial charge on any atom is -0.461 e. The molecule has 88 valence electrons. The molecule has 0 saturated heterocycles. The van der Waals surface area contributed by atoms with Crippen molar-refractivity contribution in [3.8, 4) is 5.75 Å². The number of carbonyl (C=O) groups is 1. The Balaban J connectivity index is 1.89. The third-order valence-corrected chi connectivity index (χ3v) is 2.66. The normalized spacial score (nSPS) is 15.3. The number of benzene rings is 2. The Morgan fingerprint density at radius 2 is 1.56 bits per heavy atom. The summed E-state index contributed by atoms with van der Waals surface area (Å²) in [4.78, 5) is 11.6. The third-order valence-electron chi connectivity index (χ3n) is 2.66. The Morgan fingerprint density at radius 3 is 2.33 bits per heavy atom. The van der Waals surface area contributed by atoms with Gasteiger partial charge in [-0.2, -0.15) is 0 Å². The van der Waals surface area contributed by atoms with E-state index in [1.54, 1.807) is 12.1 Å². The molecule has 1 heterocycles. The topological polar surface area (TPSA) is 35.5 Å². The molecule has 0 radical (unpaired) electrons. The van der Waals surface area contributed by atoms with E-state index < -0.39 is 0 Å². The smallest absolute Gasteiger partial charge is 0.344 e. The van der Waals surface area contributed by atoms with Gasteiger partial charge in [-0.15, -0.1) is 0 Å². The van der Waals surface area contributed by atoms with Crippen LogP contribution < -0.4 is 4.74 Å². The summed E-state index contributed by atoms with van der Waals surface area (Å²) in [6, 6.07) is 16.6. The van der Waals surface area contributed by atoms with Crippen LogP contribution in [-0.2, 0) is 4.74 Å². The van der Waals surface area contributed by atoms with Gasteiger partial charge in [-0.3, -0.25) is 0 Å². The molecule has 3 rings (SSSR count). The predicted octanol–water partition coefficient (Wildman–Crippen LogP) is 3.23. The number of carbonyl (C=O) groups excluding carboxylic acids is 1. The Hall–Kier alpha value is -2.55. The minimum atomic E-state index is -0.339. The molecule has 0 spiro atoms. The summed E-state index contributed by atoms with van der Waals surface area (Å²) in [6.07, 6.45) is 1.46. The fourth-order valence-corrected chi connectivity index (χ4v) is 1.79. The van der Waals surface area contributed by atoms with Crippen LogP contribution in [0.3, 0.4) is 0 Å². The van der Waals surface area contributed by atoms with Gasteiger partial charge < -0.3 is 9.47 Å². The molecule has 0 fully saturated rings. The van der Waals surface area contributed by atoms with Crippen molar-refractivity contribution in [3.05, 3.63) is 72.0 Å². The van der Waals surface area contributed by atoms with Crippen molar-refractivity contribution in [1.29, 1.82) is 0 Å². The molecule has 2 aromatic rings. The van der Waals surface area contributed by atoms with Crippen molar-refractivity contribution < 1.29 is 14.3 Å². The van der Waals surface area contributed by atoms with E-state index in [9.17, 15) is 4.79 Å². The molecular weight excluding hydrogens is 228 g/mol. The summed E-state index contributed by atoms with van der Waals surface area (Å²) in [7, 11) is 0. The quantitative estimate of drug-likeness (QED) is 0.595. The SMILES string of the molecule is O=C1O/C(=C\Oc2ccccc2)c2ccccc21. The average molecular weight is 238 g/mol. The van der Waals surface area contributed by atoms with E-state index in [1.165, 1.54) is 6.26 Å². The van der Waals surface area contributed by atoms with Crippen LogP contribution in [0, 0.1) is 0 Å². The molecule has 1 aliphatic rings. The second-order valence-corrected chi connectivity index (χ2v) is 3.85. The van der Waals surface area contributed by atoms with Gasteiger partial charge in [0, 0.05) is 5.56 Å².